The van der Waals surface area contributed by atoms with Gasteiger partial charge in [-0.3, -0.25) is 14.6 Å². The summed E-state index contributed by atoms with van der Waals surface area (Å²) in [4.78, 5) is 44.7. The molecule has 188 valence electrons. The van der Waals surface area contributed by atoms with Gasteiger partial charge in [0, 0.05) is 28.7 Å². The summed E-state index contributed by atoms with van der Waals surface area (Å²) in [7, 11) is 0. The fourth-order valence-corrected chi connectivity index (χ4v) is 5.61. The molecule has 8 heteroatoms. The van der Waals surface area contributed by atoms with Crippen molar-refractivity contribution in [1.82, 2.24) is 4.98 Å². The number of benzene rings is 1. The van der Waals surface area contributed by atoms with Gasteiger partial charge in [-0.05, 0) is 81.3 Å². The van der Waals surface area contributed by atoms with Gasteiger partial charge >= 0.3 is 5.97 Å². The van der Waals surface area contributed by atoms with Gasteiger partial charge in [-0.1, -0.05) is 25.1 Å². The van der Waals surface area contributed by atoms with Crippen molar-refractivity contribution in [3.05, 3.63) is 65.3 Å². The Bertz CT molecular complexity index is 1230. The minimum absolute atomic E-state index is 0.0105. The van der Waals surface area contributed by atoms with Gasteiger partial charge in [-0.15, -0.1) is 11.3 Å². The number of aromatic nitrogens is 1. The number of rotatable bonds is 7. The minimum Gasteiger partial charge on any atom is -0.477 e. The predicted molar refractivity (Wildman–Crippen MR) is 143 cm³/mol. The molecule has 1 fully saturated rings. The largest absolute Gasteiger partial charge is 0.477 e. The van der Waals surface area contributed by atoms with Crippen LogP contribution >= 0.6 is 11.3 Å². The van der Waals surface area contributed by atoms with Crippen LogP contribution in [0.15, 0.2) is 54.7 Å². The van der Waals surface area contributed by atoms with E-state index in [0.717, 1.165) is 47.5 Å². The third-order valence-electron chi connectivity index (χ3n) is 6.61. The van der Waals surface area contributed by atoms with E-state index in [4.69, 9.17) is 0 Å². The van der Waals surface area contributed by atoms with Gasteiger partial charge in [-0.25, -0.2) is 4.79 Å². The zero-order valence-electron chi connectivity index (χ0n) is 20.7. The number of hydrogen-bond donors (Lipinski definition) is 2. The molecule has 2 amide bonds. The van der Waals surface area contributed by atoms with Crippen LogP contribution in [0.4, 0.5) is 11.4 Å². The maximum atomic E-state index is 13.5. The normalized spacial score (nSPS) is 17.6. The summed E-state index contributed by atoms with van der Waals surface area (Å²) < 4.78 is 0. The number of nitrogens with one attached hydrogen (secondary N) is 1. The number of pyridine rings is 1. The summed E-state index contributed by atoms with van der Waals surface area (Å²) in [5.41, 5.74) is 2.19. The first-order chi connectivity index (χ1) is 17.2. The zero-order chi connectivity index (χ0) is 25.8. The maximum absolute atomic E-state index is 13.5. The predicted octanol–water partition coefficient (Wildman–Crippen LogP) is 6.33. The van der Waals surface area contributed by atoms with Gasteiger partial charge in [0.15, 0.2) is 0 Å². The average Bonchev–Trinajstić information content (AvgIpc) is 3.30. The Morgan fingerprint density at radius 2 is 1.75 bits per heavy atom. The second kappa shape index (κ2) is 11.0. The Morgan fingerprint density at radius 1 is 1.06 bits per heavy atom. The molecule has 3 aromatic rings. The van der Waals surface area contributed by atoms with Crippen LogP contribution in [0.2, 0.25) is 0 Å². The number of anilines is 2. The number of aromatic carboxylic acids is 1. The molecule has 0 atom stereocenters. The van der Waals surface area contributed by atoms with Crippen LogP contribution in [0.1, 0.15) is 66.6 Å². The van der Waals surface area contributed by atoms with Gasteiger partial charge in [-0.2, -0.15) is 0 Å². The van der Waals surface area contributed by atoms with Crippen LogP contribution < -0.4 is 10.2 Å². The number of carbonyl (C=O) groups is 3. The molecule has 0 unspecified atom stereocenters. The molecule has 4 rings (SSSR count). The highest BCUT2D eigenvalue weighted by atomic mass is 32.1. The van der Waals surface area contributed by atoms with E-state index in [-0.39, 0.29) is 28.7 Å². The lowest BCUT2D eigenvalue weighted by Gasteiger charge is -2.33. The fourth-order valence-electron chi connectivity index (χ4n) is 4.62. The van der Waals surface area contributed by atoms with Crippen molar-refractivity contribution in [2.75, 3.05) is 10.2 Å². The van der Waals surface area contributed by atoms with Crippen molar-refractivity contribution < 1.29 is 19.5 Å². The maximum Gasteiger partial charge on any atom is 0.348 e. The van der Waals surface area contributed by atoms with Crippen LogP contribution in [-0.4, -0.2) is 33.9 Å². The smallest absolute Gasteiger partial charge is 0.348 e. The standard InChI is InChI=1S/C28H31N3O4S/c1-17(2)31(27(33)20-9-7-18(3)8-10-20)23-16-24(36-25(23)28(34)35)19-11-13-21(14-12-19)30-26(32)22-6-4-5-15-29-22/h4-6,11-18,20H,7-10H2,1-3H3,(H,30,32)(H,34,35)/t18-,20-. The first-order valence-corrected chi connectivity index (χ1v) is 13.1. The number of carboxylic acids is 1. The average molecular weight is 506 g/mol. The van der Waals surface area contributed by atoms with Crippen molar-refractivity contribution in [2.24, 2.45) is 11.8 Å². The van der Waals surface area contributed by atoms with Crippen LogP contribution in [0.3, 0.4) is 0 Å². The summed E-state index contributed by atoms with van der Waals surface area (Å²) in [5, 5.41) is 12.8. The summed E-state index contributed by atoms with van der Waals surface area (Å²) in [5.74, 6) is -0.790. The van der Waals surface area contributed by atoms with E-state index < -0.39 is 5.97 Å². The molecule has 0 saturated heterocycles. The Balaban J connectivity index is 1.58. The van der Waals surface area contributed by atoms with Crippen molar-refractivity contribution in [1.29, 1.82) is 0 Å². The zero-order valence-corrected chi connectivity index (χ0v) is 21.5. The molecule has 1 aliphatic carbocycles. The highest BCUT2D eigenvalue weighted by Gasteiger charge is 2.33. The molecular formula is C28H31N3O4S. The highest BCUT2D eigenvalue weighted by molar-refractivity contribution is 7.18. The third-order valence-corrected chi connectivity index (χ3v) is 7.77. The molecule has 0 radical (unpaired) electrons. The first kappa shape index (κ1) is 25.6. The lowest BCUT2D eigenvalue weighted by Crippen LogP contribution is -2.42. The molecule has 0 aliphatic heterocycles. The van der Waals surface area contributed by atoms with Crippen LogP contribution in [0, 0.1) is 11.8 Å². The van der Waals surface area contributed by atoms with E-state index >= 15 is 0 Å². The third kappa shape index (κ3) is 5.65. The Hall–Kier alpha value is -3.52. The quantitative estimate of drug-likeness (QED) is 0.391. The second-order valence-electron chi connectivity index (χ2n) is 9.64. The van der Waals surface area contributed by atoms with Crippen molar-refractivity contribution in [3.8, 4) is 10.4 Å². The molecule has 1 aromatic carbocycles. The number of carboxylic acid groups (broad SMARTS) is 1. The molecule has 0 spiro atoms. The molecule has 7 nitrogen and oxygen atoms in total. The highest BCUT2D eigenvalue weighted by Crippen LogP contribution is 2.40. The SMILES string of the molecule is CC(C)N(c1cc(-c2ccc(NC(=O)c3ccccn3)cc2)sc1C(=O)O)C(=O)[C@H]1CC[C@H](C)CC1. The number of hydrogen-bond acceptors (Lipinski definition) is 5. The van der Waals surface area contributed by atoms with Gasteiger partial charge in [0.2, 0.25) is 5.91 Å². The van der Waals surface area contributed by atoms with E-state index in [9.17, 15) is 19.5 Å². The van der Waals surface area contributed by atoms with Gasteiger partial charge < -0.3 is 15.3 Å². The Kier molecular flexibility index (Phi) is 7.84. The summed E-state index contributed by atoms with van der Waals surface area (Å²) in [6.07, 6.45) is 5.29. The lowest BCUT2D eigenvalue weighted by molar-refractivity contribution is -0.123. The topological polar surface area (TPSA) is 99.6 Å². The van der Waals surface area contributed by atoms with E-state index in [0.29, 0.717) is 23.0 Å². The van der Waals surface area contributed by atoms with Crippen LogP contribution in [0.25, 0.3) is 10.4 Å². The molecule has 36 heavy (non-hydrogen) atoms. The molecule has 1 aliphatic rings. The van der Waals surface area contributed by atoms with Gasteiger partial charge in [0.25, 0.3) is 5.91 Å². The van der Waals surface area contributed by atoms with Crippen molar-refractivity contribution >= 4 is 40.5 Å². The van der Waals surface area contributed by atoms with Crippen LogP contribution in [-0.2, 0) is 4.79 Å². The fraction of sp³-hybridized carbons (Fsp3) is 0.357. The van der Waals surface area contributed by atoms with E-state index in [1.54, 1.807) is 47.5 Å². The molecule has 2 heterocycles. The summed E-state index contributed by atoms with van der Waals surface area (Å²) in [6, 6.07) is 14.0. The number of nitrogens with zero attached hydrogens (tertiary/aromatic N) is 2. The monoisotopic (exact) mass is 505 g/mol. The molecular weight excluding hydrogens is 474 g/mol. The molecule has 0 bridgehead atoms. The van der Waals surface area contributed by atoms with E-state index in [1.807, 2.05) is 26.0 Å². The molecule has 1 saturated carbocycles. The van der Waals surface area contributed by atoms with E-state index in [1.165, 1.54) is 0 Å². The van der Waals surface area contributed by atoms with Gasteiger partial charge in [0.1, 0.15) is 10.6 Å². The number of thiophene rings is 1. The Morgan fingerprint density at radius 3 is 2.33 bits per heavy atom. The van der Waals surface area contributed by atoms with Crippen molar-refractivity contribution in [3.63, 3.8) is 0 Å². The first-order valence-electron chi connectivity index (χ1n) is 12.3. The number of carbonyl (C=O) groups excluding carboxylic acids is 2. The Labute approximate surface area is 215 Å². The van der Waals surface area contributed by atoms with Gasteiger partial charge in [0.05, 0.1) is 5.69 Å². The number of amides is 2. The molecule has 2 N–H and O–H groups in total. The summed E-state index contributed by atoms with van der Waals surface area (Å²) >= 11 is 1.16. The van der Waals surface area contributed by atoms with Crippen LogP contribution in [0.5, 0.6) is 0 Å². The summed E-state index contributed by atoms with van der Waals surface area (Å²) in [6.45, 7) is 6.06. The lowest BCUT2D eigenvalue weighted by atomic mass is 9.82. The minimum atomic E-state index is -1.05. The van der Waals surface area contributed by atoms with Crippen molar-refractivity contribution in [2.45, 2.75) is 52.5 Å². The molecule has 2 aromatic heterocycles. The second-order valence-corrected chi connectivity index (χ2v) is 10.7. The van der Waals surface area contributed by atoms with E-state index in [2.05, 4.69) is 17.2 Å².